The number of allylic oxidation sites excluding steroid dienone is 4. The van der Waals surface area contributed by atoms with Crippen LogP contribution in [0, 0.1) is 22.7 Å². The highest BCUT2D eigenvalue weighted by atomic mass is 16.3. The fraction of sp³-hybridized carbons (Fsp3) is 0.654. The molecule has 0 radical (unpaired) electrons. The molecule has 1 saturated carbocycles. The molecule has 7 nitrogen and oxygen atoms in total. The Morgan fingerprint density at radius 3 is 2.67 bits per heavy atom. The monoisotopic (exact) mass is 456 g/mol. The van der Waals surface area contributed by atoms with E-state index in [2.05, 4.69) is 44.1 Å². The Hall–Kier alpha value is -2.57. The second-order valence-corrected chi connectivity index (χ2v) is 10.6. The lowest BCUT2D eigenvalue weighted by Crippen LogP contribution is -2.50. The molecule has 0 amide bonds. The summed E-state index contributed by atoms with van der Waals surface area (Å²) in [4.78, 5) is 29.4. The molecule has 0 aliphatic heterocycles. The maximum absolute atomic E-state index is 12.9. The fourth-order valence-electron chi connectivity index (χ4n) is 6.24. The van der Waals surface area contributed by atoms with Crippen molar-refractivity contribution in [3.05, 3.63) is 34.8 Å². The lowest BCUT2D eigenvalue weighted by Gasteiger charge is -2.58. The zero-order chi connectivity index (χ0) is 24.4. The van der Waals surface area contributed by atoms with Crippen LogP contribution in [0.2, 0.25) is 0 Å². The van der Waals surface area contributed by atoms with Gasteiger partial charge in [-0.25, -0.2) is 0 Å². The van der Waals surface area contributed by atoms with Gasteiger partial charge in [0.1, 0.15) is 5.76 Å². The topological polar surface area (TPSA) is 131 Å². The van der Waals surface area contributed by atoms with Crippen molar-refractivity contribution in [1.29, 1.82) is 0 Å². The van der Waals surface area contributed by atoms with Crippen LogP contribution in [0.1, 0.15) is 72.6 Å². The molecule has 3 aliphatic carbocycles. The molecule has 0 unspecified atom stereocenters. The van der Waals surface area contributed by atoms with E-state index in [-0.39, 0.29) is 28.1 Å². The first-order chi connectivity index (χ1) is 15.5. The number of nitrogens with two attached hydrogens (primary N) is 2. The van der Waals surface area contributed by atoms with E-state index in [1.165, 1.54) is 11.6 Å². The van der Waals surface area contributed by atoms with Gasteiger partial charge in [-0.1, -0.05) is 32.4 Å². The number of guanidine groups is 1. The number of unbranched alkanes of at least 4 members (excludes halogenated alkanes) is 1. The Morgan fingerprint density at radius 1 is 1.24 bits per heavy atom. The maximum atomic E-state index is 12.9. The largest absolute Gasteiger partial charge is 0.505 e. The fourth-order valence-corrected chi connectivity index (χ4v) is 6.24. The smallest absolute Gasteiger partial charge is 0.232 e. The van der Waals surface area contributed by atoms with Gasteiger partial charge in [0.15, 0.2) is 5.96 Å². The number of carbonyl (C=O) groups is 2. The van der Waals surface area contributed by atoms with Gasteiger partial charge in [0, 0.05) is 24.7 Å². The van der Waals surface area contributed by atoms with Crippen molar-refractivity contribution in [1.82, 2.24) is 5.32 Å². The van der Waals surface area contributed by atoms with Crippen molar-refractivity contribution in [2.75, 3.05) is 13.1 Å². The number of aliphatic hydroxyl groups excluding tert-OH is 1. The second-order valence-electron chi connectivity index (χ2n) is 10.6. The van der Waals surface area contributed by atoms with Crippen LogP contribution in [0.5, 0.6) is 0 Å². The molecule has 1 fully saturated rings. The normalized spacial score (nSPS) is 32.1. The number of aliphatic hydroxyl groups is 1. The molecule has 3 aliphatic rings. The molecule has 0 heterocycles. The van der Waals surface area contributed by atoms with Gasteiger partial charge in [-0.3, -0.25) is 14.6 Å². The van der Waals surface area contributed by atoms with Crippen molar-refractivity contribution in [3.8, 4) is 0 Å². The summed E-state index contributed by atoms with van der Waals surface area (Å²) in [6, 6.07) is 0. The molecule has 0 spiro atoms. The van der Waals surface area contributed by atoms with Gasteiger partial charge in [0.05, 0.1) is 5.70 Å². The molecule has 3 rings (SSSR count). The molecular formula is C26H40N4O3. The third-order valence-corrected chi connectivity index (χ3v) is 8.66. The molecule has 33 heavy (non-hydrogen) atoms. The molecule has 0 aromatic heterocycles. The number of carbonyl (C=O) groups excluding carboxylic acids is 2. The van der Waals surface area contributed by atoms with E-state index >= 15 is 0 Å². The minimum absolute atomic E-state index is 0.0671. The van der Waals surface area contributed by atoms with E-state index in [1.54, 1.807) is 0 Å². The molecule has 0 aromatic carbocycles. The summed E-state index contributed by atoms with van der Waals surface area (Å²) < 4.78 is 0. The summed E-state index contributed by atoms with van der Waals surface area (Å²) in [7, 11) is 0. The first kappa shape index (κ1) is 25.1. The lowest BCUT2D eigenvalue weighted by molar-refractivity contribution is -0.132. The first-order valence-corrected chi connectivity index (χ1v) is 12.2. The zero-order valence-electron chi connectivity index (χ0n) is 20.5. The molecule has 0 saturated heterocycles. The number of Topliss-reactive ketones (excluding diaryl/α,β-unsaturated/α-hetero) is 1. The number of nitrogens with one attached hydrogen (secondary N) is 1. The molecule has 0 aromatic rings. The summed E-state index contributed by atoms with van der Waals surface area (Å²) in [6.07, 6.45) is 9.86. The maximum Gasteiger partial charge on any atom is 0.232 e. The van der Waals surface area contributed by atoms with Crippen LogP contribution >= 0.6 is 0 Å². The number of hydrogen-bond acceptors (Lipinski definition) is 5. The molecule has 182 valence electrons. The lowest BCUT2D eigenvalue weighted by atomic mass is 9.46. The number of aliphatic imine (C=N–C) groups is 1. The predicted molar refractivity (Wildman–Crippen MR) is 131 cm³/mol. The predicted octanol–water partition coefficient (Wildman–Crippen LogP) is 3.67. The van der Waals surface area contributed by atoms with E-state index < -0.39 is 11.6 Å². The highest BCUT2D eigenvalue weighted by Gasteiger charge is 2.54. The van der Waals surface area contributed by atoms with Gasteiger partial charge in [0.2, 0.25) is 11.6 Å². The molecular weight excluding hydrogens is 416 g/mol. The van der Waals surface area contributed by atoms with E-state index in [4.69, 9.17) is 11.5 Å². The number of hydrogen-bond donors (Lipinski definition) is 4. The number of rotatable bonds is 8. The number of nitrogens with zero attached hydrogens (tertiary/aromatic N) is 1. The SMILES string of the molecule is CC1=CCC[C@H]2[C@](C)(CC3=C(O)C(NCCCCN=C(N)N)=CC(=O)C3=O)[C@@H](C)CC[C@]12C. The summed E-state index contributed by atoms with van der Waals surface area (Å²) in [5.41, 5.74) is 12.6. The van der Waals surface area contributed by atoms with Crippen molar-refractivity contribution in [2.24, 2.45) is 39.1 Å². The Kier molecular flexibility index (Phi) is 7.39. The third kappa shape index (κ3) is 4.87. The van der Waals surface area contributed by atoms with E-state index in [0.717, 1.165) is 38.5 Å². The highest BCUT2D eigenvalue weighted by Crippen LogP contribution is 2.62. The number of ketones is 2. The van der Waals surface area contributed by atoms with Gasteiger partial charge in [-0.05, 0) is 74.5 Å². The first-order valence-electron chi connectivity index (χ1n) is 12.2. The van der Waals surface area contributed by atoms with E-state index in [9.17, 15) is 14.7 Å². The van der Waals surface area contributed by atoms with Crippen LogP contribution in [0.25, 0.3) is 0 Å². The van der Waals surface area contributed by atoms with Crippen molar-refractivity contribution >= 4 is 17.5 Å². The molecule has 0 bridgehead atoms. The van der Waals surface area contributed by atoms with Crippen LogP contribution < -0.4 is 16.8 Å². The Bertz CT molecular complexity index is 928. The van der Waals surface area contributed by atoms with Crippen LogP contribution in [0.4, 0.5) is 0 Å². The van der Waals surface area contributed by atoms with Crippen molar-refractivity contribution in [3.63, 3.8) is 0 Å². The summed E-state index contributed by atoms with van der Waals surface area (Å²) in [6.45, 7) is 10.2. The minimum Gasteiger partial charge on any atom is -0.505 e. The average molecular weight is 457 g/mol. The van der Waals surface area contributed by atoms with Gasteiger partial charge in [0.25, 0.3) is 0 Å². The Morgan fingerprint density at radius 2 is 1.97 bits per heavy atom. The van der Waals surface area contributed by atoms with E-state index in [0.29, 0.717) is 37.0 Å². The zero-order valence-corrected chi connectivity index (χ0v) is 20.5. The molecule has 7 heteroatoms. The summed E-state index contributed by atoms with van der Waals surface area (Å²) >= 11 is 0. The highest BCUT2D eigenvalue weighted by molar-refractivity contribution is 6.48. The van der Waals surface area contributed by atoms with Gasteiger partial charge < -0.3 is 21.9 Å². The molecule has 4 atom stereocenters. The van der Waals surface area contributed by atoms with Crippen LogP contribution in [0.3, 0.4) is 0 Å². The quantitative estimate of drug-likeness (QED) is 0.110. The van der Waals surface area contributed by atoms with Gasteiger partial charge >= 0.3 is 0 Å². The minimum atomic E-state index is -0.574. The summed E-state index contributed by atoms with van der Waals surface area (Å²) in [5.74, 6) is -0.359. The Labute approximate surface area is 197 Å². The standard InChI is InChI=1S/C26H40N4O3/c1-16-8-7-9-21-25(16,3)11-10-17(2)26(21,4)15-18-22(32)19(14-20(31)23(18)33)29-12-5-6-13-30-24(27)28/h8,14,17,21,29,32H,5-7,9-13,15H2,1-4H3,(H4,27,28,30)/t17-,21+,25+,26+/m0/s1. The van der Waals surface area contributed by atoms with Crippen LogP contribution in [-0.4, -0.2) is 35.7 Å². The van der Waals surface area contributed by atoms with Crippen LogP contribution in [0.15, 0.2) is 39.7 Å². The summed E-state index contributed by atoms with van der Waals surface area (Å²) in [5, 5.41) is 14.2. The number of fused-ring (bicyclic) bond motifs is 1. The van der Waals surface area contributed by atoms with Crippen molar-refractivity contribution in [2.45, 2.75) is 72.6 Å². The third-order valence-electron chi connectivity index (χ3n) is 8.66. The van der Waals surface area contributed by atoms with Gasteiger partial charge in [-0.15, -0.1) is 0 Å². The van der Waals surface area contributed by atoms with Crippen LogP contribution in [-0.2, 0) is 9.59 Å². The van der Waals surface area contributed by atoms with Crippen molar-refractivity contribution < 1.29 is 14.7 Å². The second kappa shape index (κ2) is 9.74. The van der Waals surface area contributed by atoms with Gasteiger partial charge in [-0.2, -0.15) is 0 Å². The Balaban J connectivity index is 1.80. The molecule has 6 N–H and O–H groups in total. The van der Waals surface area contributed by atoms with E-state index in [1.807, 2.05) is 0 Å². The average Bonchev–Trinajstić information content (AvgIpc) is 2.76.